The van der Waals surface area contributed by atoms with Crippen molar-refractivity contribution in [1.29, 1.82) is 0 Å². The molecule has 36 heavy (non-hydrogen) atoms. The third-order valence-corrected chi connectivity index (χ3v) is 5.98. The highest BCUT2D eigenvalue weighted by Gasteiger charge is 2.16. The van der Waals surface area contributed by atoms with E-state index in [1.165, 1.54) is 0 Å². The van der Waals surface area contributed by atoms with E-state index in [2.05, 4.69) is 41.1 Å². The molecular formula is C27H24N8O. The summed E-state index contributed by atoms with van der Waals surface area (Å²) in [5.41, 5.74) is 7.72. The van der Waals surface area contributed by atoms with Gasteiger partial charge in [-0.05, 0) is 56.1 Å². The molecule has 0 unspecified atom stereocenters. The number of fused-ring (bicyclic) bond motifs is 2. The monoisotopic (exact) mass is 476 g/mol. The van der Waals surface area contributed by atoms with Crippen molar-refractivity contribution in [2.45, 2.75) is 0 Å². The number of nitrogens with zero attached hydrogens (tertiary/aromatic N) is 6. The molecule has 0 aliphatic carbocycles. The molecule has 0 fully saturated rings. The number of ether oxygens (including phenoxy) is 1. The van der Waals surface area contributed by atoms with E-state index in [1.807, 2.05) is 56.7 Å². The zero-order chi connectivity index (χ0) is 24.5. The van der Waals surface area contributed by atoms with E-state index < -0.39 is 0 Å². The molecule has 2 N–H and O–H groups in total. The molecule has 0 aromatic carbocycles. The first-order valence-corrected chi connectivity index (χ1v) is 11.6. The van der Waals surface area contributed by atoms with Gasteiger partial charge in [-0.15, -0.1) is 0 Å². The smallest absolute Gasteiger partial charge is 0.138 e. The van der Waals surface area contributed by atoms with Gasteiger partial charge in [0.15, 0.2) is 0 Å². The normalized spacial score (nSPS) is 11.5. The molecule has 0 aliphatic heterocycles. The van der Waals surface area contributed by atoms with Gasteiger partial charge in [0.1, 0.15) is 29.2 Å². The van der Waals surface area contributed by atoms with E-state index in [-0.39, 0.29) is 0 Å². The molecule has 0 aliphatic rings. The lowest BCUT2D eigenvalue weighted by atomic mass is 10.1. The Bertz CT molecular complexity index is 1660. The van der Waals surface area contributed by atoms with Gasteiger partial charge < -0.3 is 14.6 Å². The SMILES string of the molecule is CN(C)CCOc1cncc(-c2ccc3[nH]nc(-c4cc5c(-c6cccnc6)ccnc5[nH]4)c3n2)c1. The Kier molecular flexibility index (Phi) is 5.59. The molecule has 6 aromatic heterocycles. The van der Waals surface area contributed by atoms with Crippen LogP contribution in [0.4, 0.5) is 0 Å². The number of rotatable bonds is 7. The number of hydrogen-bond donors (Lipinski definition) is 2. The second-order valence-corrected chi connectivity index (χ2v) is 8.77. The van der Waals surface area contributed by atoms with Crippen molar-refractivity contribution < 1.29 is 4.74 Å². The van der Waals surface area contributed by atoms with E-state index >= 15 is 0 Å². The van der Waals surface area contributed by atoms with E-state index in [0.717, 1.165) is 62.4 Å². The molecule has 9 nitrogen and oxygen atoms in total. The average molecular weight is 477 g/mol. The van der Waals surface area contributed by atoms with Gasteiger partial charge in [-0.25, -0.2) is 9.97 Å². The van der Waals surface area contributed by atoms with Crippen LogP contribution in [0.2, 0.25) is 0 Å². The van der Waals surface area contributed by atoms with Gasteiger partial charge in [0.05, 0.1) is 23.1 Å². The van der Waals surface area contributed by atoms with Gasteiger partial charge in [-0.2, -0.15) is 5.10 Å². The van der Waals surface area contributed by atoms with Crippen molar-refractivity contribution in [3.05, 3.63) is 73.4 Å². The van der Waals surface area contributed by atoms with Gasteiger partial charge in [0, 0.05) is 47.8 Å². The number of nitrogens with one attached hydrogen (secondary N) is 2. The zero-order valence-electron chi connectivity index (χ0n) is 19.9. The molecule has 0 saturated heterocycles. The van der Waals surface area contributed by atoms with Crippen molar-refractivity contribution in [2.24, 2.45) is 0 Å². The average Bonchev–Trinajstić information content (AvgIpc) is 3.53. The number of aromatic nitrogens is 7. The summed E-state index contributed by atoms with van der Waals surface area (Å²) in [4.78, 5) is 23.6. The lowest BCUT2D eigenvalue weighted by Gasteiger charge is -2.11. The fourth-order valence-electron chi connectivity index (χ4n) is 4.16. The summed E-state index contributed by atoms with van der Waals surface area (Å²) in [7, 11) is 4.03. The summed E-state index contributed by atoms with van der Waals surface area (Å²) in [5, 5.41) is 8.67. The summed E-state index contributed by atoms with van der Waals surface area (Å²) >= 11 is 0. The zero-order valence-corrected chi connectivity index (χ0v) is 19.9. The van der Waals surface area contributed by atoms with Crippen LogP contribution in [-0.4, -0.2) is 67.3 Å². The first-order valence-electron chi connectivity index (χ1n) is 11.6. The predicted molar refractivity (Wildman–Crippen MR) is 139 cm³/mol. The molecule has 0 radical (unpaired) electrons. The van der Waals surface area contributed by atoms with Crippen molar-refractivity contribution in [2.75, 3.05) is 27.2 Å². The number of H-pyrrole nitrogens is 2. The van der Waals surface area contributed by atoms with Gasteiger partial charge in [-0.1, -0.05) is 6.07 Å². The minimum absolute atomic E-state index is 0.589. The Morgan fingerprint density at radius 1 is 0.944 bits per heavy atom. The molecule has 0 saturated carbocycles. The highest BCUT2D eigenvalue weighted by Crippen LogP contribution is 2.33. The van der Waals surface area contributed by atoms with Crippen molar-refractivity contribution in [3.8, 4) is 39.5 Å². The summed E-state index contributed by atoms with van der Waals surface area (Å²) in [6.45, 7) is 1.42. The third kappa shape index (κ3) is 4.16. The molecule has 0 spiro atoms. The van der Waals surface area contributed by atoms with Gasteiger partial charge in [0.2, 0.25) is 0 Å². The van der Waals surface area contributed by atoms with Crippen molar-refractivity contribution in [1.82, 2.24) is 40.0 Å². The highest BCUT2D eigenvalue weighted by molar-refractivity contribution is 5.98. The van der Waals surface area contributed by atoms with Gasteiger partial charge in [0.25, 0.3) is 0 Å². The third-order valence-electron chi connectivity index (χ3n) is 5.98. The minimum atomic E-state index is 0.589. The van der Waals surface area contributed by atoms with Crippen LogP contribution in [-0.2, 0) is 0 Å². The van der Waals surface area contributed by atoms with E-state index in [1.54, 1.807) is 24.8 Å². The number of pyridine rings is 4. The first kappa shape index (κ1) is 21.9. The maximum Gasteiger partial charge on any atom is 0.138 e. The van der Waals surface area contributed by atoms with Crippen LogP contribution in [0.15, 0.2) is 73.4 Å². The quantitative estimate of drug-likeness (QED) is 0.348. The molecule has 6 heterocycles. The van der Waals surface area contributed by atoms with Crippen molar-refractivity contribution in [3.63, 3.8) is 0 Å². The number of aromatic amines is 2. The summed E-state index contributed by atoms with van der Waals surface area (Å²) in [5.74, 6) is 0.716. The van der Waals surface area contributed by atoms with Crippen LogP contribution in [0.25, 0.3) is 55.8 Å². The molecule has 0 atom stereocenters. The molecular weight excluding hydrogens is 452 g/mol. The maximum atomic E-state index is 5.86. The summed E-state index contributed by atoms with van der Waals surface area (Å²) in [6.07, 6.45) is 8.93. The summed E-state index contributed by atoms with van der Waals surface area (Å²) < 4.78 is 5.86. The van der Waals surface area contributed by atoms with Crippen LogP contribution in [0.1, 0.15) is 0 Å². The Labute approximate surface area is 207 Å². The number of likely N-dealkylation sites (N-methyl/N-ethyl adjacent to an activating group) is 1. The Morgan fingerprint density at radius 3 is 2.72 bits per heavy atom. The van der Waals surface area contributed by atoms with Gasteiger partial charge >= 0.3 is 0 Å². The highest BCUT2D eigenvalue weighted by atomic mass is 16.5. The van der Waals surface area contributed by atoms with Crippen LogP contribution in [0, 0.1) is 0 Å². The van der Waals surface area contributed by atoms with Crippen LogP contribution in [0.3, 0.4) is 0 Å². The first-order chi connectivity index (χ1) is 17.7. The topological polar surface area (TPSA) is 109 Å². The van der Waals surface area contributed by atoms with E-state index in [0.29, 0.717) is 12.4 Å². The fraction of sp³-hybridized carbons (Fsp3) is 0.148. The van der Waals surface area contributed by atoms with Crippen LogP contribution < -0.4 is 4.74 Å². The second-order valence-electron chi connectivity index (χ2n) is 8.77. The van der Waals surface area contributed by atoms with Crippen LogP contribution >= 0.6 is 0 Å². The molecule has 9 heteroatoms. The largest absolute Gasteiger partial charge is 0.491 e. The molecule has 0 bridgehead atoms. The van der Waals surface area contributed by atoms with Crippen molar-refractivity contribution >= 4 is 22.1 Å². The Hall–Kier alpha value is -4.63. The second kappa shape index (κ2) is 9.20. The summed E-state index contributed by atoms with van der Waals surface area (Å²) in [6, 6.07) is 13.9. The Balaban J connectivity index is 1.38. The lowest BCUT2D eigenvalue weighted by molar-refractivity contribution is 0.261. The number of hydrogen-bond acceptors (Lipinski definition) is 7. The van der Waals surface area contributed by atoms with E-state index in [9.17, 15) is 0 Å². The molecule has 178 valence electrons. The van der Waals surface area contributed by atoms with Gasteiger partial charge in [-0.3, -0.25) is 15.1 Å². The molecule has 6 rings (SSSR count). The van der Waals surface area contributed by atoms with E-state index in [4.69, 9.17) is 9.72 Å². The Morgan fingerprint density at radius 2 is 1.86 bits per heavy atom. The maximum absolute atomic E-state index is 5.86. The fourth-order valence-corrected chi connectivity index (χ4v) is 4.16. The molecule has 0 amide bonds. The minimum Gasteiger partial charge on any atom is -0.491 e. The molecule has 6 aromatic rings. The predicted octanol–water partition coefficient (Wildman–Crippen LogP) is 4.57. The van der Waals surface area contributed by atoms with Crippen LogP contribution in [0.5, 0.6) is 5.75 Å². The standard InChI is InChI=1S/C27H24N8O/c1-35(2)10-11-36-19-12-18(15-29-16-19)22-5-6-23-25(31-22)26(34-33-23)24-13-21-20(7-9-30-27(21)32-24)17-4-3-8-28-14-17/h3-9,12-16H,10-11H2,1-2H3,(H,30,32)(H,33,34). The lowest BCUT2D eigenvalue weighted by Crippen LogP contribution is -2.19.